The Balaban J connectivity index is 1.25. The minimum absolute atomic E-state index is 0.567. The monoisotopic (exact) mass is 605 g/mol. The van der Waals surface area contributed by atoms with Crippen molar-refractivity contribution in [3.05, 3.63) is 140 Å². The Bertz CT molecular complexity index is 2610. The van der Waals surface area contributed by atoms with Crippen LogP contribution < -0.4 is 0 Å². The summed E-state index contributed by atoms with van der Waals surface area (Å²) in [6.45, 7) is 0. The summed E-state index contributed by atoms with van der Waals surface area (Å²) in [6, 6.07) is 46.6. The standard InChI is InChI=1S/C40H23N5O2/c1-2-10-24(11-3-1)37-27-12-4-5-13-30(27)43-40(44-37)45-33-20-18-25(38-41-31-14-6-8-16-35(31)46-38)22-28(33)29-23-26(19-21-34(29)45)39-42-32-15-7-9-17-36(32)47-39/h1-23H. The molecule has 220 valence electrons. The van der Waals surface area contributed by atoms with Gasteiger partial charge in [0.05, 0.1) is 22.2 Å². The molecule has 7 heteroatoms. The number of hydrogen-bond donors (Lipinski definition) is 0. The average Bonchev–Trinajstić information content (AvgIpc) is 3.85. The summed E-state index contributed by atoms with van der Waals surface area (Å²) in [4.78, 5) is 19.9. The number of rotatable bonds is 4. The number of oxazole rings is 2. The maximum atomic E-state index is 6.18. The second-order valence-corrected chi connectivity index (χ2v) is 11.5. The van der Waals surface area contributed by atoms with Gasteiger partial charge in [-0.25, -0.2) is 19.9 Å². The molecule has 10 aromatic rings. The summed E-state index contributed by atoms with van der Waals surface area (Å²) in [5.74, 6) is 1.72. The smallest absolute Gasteiger partial charge is 0.235 e. The predicted octanol–water partition coefficient (Wildman–Crippen LogP) is 10.0. The van der Waals surface area contributed by atoms with Gasteiger partial charge in [0.15, 0.2) is 11.2 Å². The molecule has 0 aliphatic heterocycles. The topological polar surface area (TPSA) is 82.8 Å². The fourth-order valence-corrected chi connectivity index (χ4v) is 6.48. The van der Waals surface area contributed by atoms with Crippen LogP contribution in [0.2, 0.25) is 0 Å². The molecule has 0 saturated heterocycles. The van der Waals surface area contributed by atoms with Crippen LogP contribution >= 0.6 is 0 Å². The Hall–Kier alpha value is -6.60. The first-order valence-corrected chi connectivity index (χ1v) is 15.4. The molecule has 0 aliphatic rings. The van der Waals surface area contributed by atoms with E-state index in [0.29, 0.717) is 17.7 Å². The minimum Gasteiger partial charge on any atom is -0.436 e. The number of hydrogen-bond acceptors (Lipinski definition) is 6. The third-order valence-corrected chi connectivity index (χ3v) is 8.69. The second kappa shape index (κ2) is 9.95. The number of aromatic nitrogens is 5. The highest BCUT2D eigenvalue weighted by Crippen LogP contribution is 2.38. The van der Waals surface area contributed by atoms with Crippen molar-refractivity contribution in [2.45, 2.75) is 0 Å². The largest absolute Gasteiger partial charge is 0.436 e. The summed E-state index contributed by atoms with van der Waals surface area (Å²) in [7, 11) is 0. The third kappa shape index (κ3) is 4.07. The van der Waals surface area contributed by atoms with Gasteiger partial charge in [0.2, 0.25) is 17.7 Å². The molecule has 0 N–H and O–H groups in total. The number of para-hydroxylation sites is 5. The number of nitrogens with zero attached hydrogens (tertiary/aromatic N) is 5. The maximum Gasteiger partial charge on any atom is 0.235 e. The molecule has 6 aromatic carbocycles. The molecule has 0 atom stereocenters. The third-order valence-electron chi connectivity index (χ3n) is 8.69. The molecule has 0 saturated carbocycles. The van der Waals surface area contributed by atoms with Crippen LogP contribution in [0, 0.1) is 0 Å². The van der Waals surface area contributed by atoms with E-state index in [1.165, 1.54) is 0 Å². The molecular weight excluding hydrogens is 582 g/mol. The molecule has 47 heavy (non-hydrogen) atoms. The Morgan fingerprint density at radius 3 is 1.53 bits per heavy atom. The van der Waals surface area contributed by atoms with Gasteiger partial charge in [-0.1, -0.05) is 72.8 Å². The molecule has 7 nitrogen and oxygen atoms in total. The lowest BCUT2D eigenvalue weighted by Crippen LogP contribution is -2.03. The summed E-state index contributed by atoms with van der Waals surface area (Å²) < 4.78 is 14.5. The van der Waals surface area contributed by atoms with Gasteiger partial charge in [-0.05, 0) is 66.7 Å². The van der Waals surface area contributed by atoms with Gasteiger partial charge in [-0.15, -0.1) is 0 Å². The van der Waals surface area contributed by atoms with Crippen LogP contribution in [0.4, 0.5) is 0 Å². The van der Waals surface area contributed by atoms with Crippen LogP contribution in [-0.4, -0.2) is 24.5 Å². The first-order valence-electron chi connectivity index (χ1n) is 15.4. The highest BCUT2D eigenvalue weighted by atomic mass is 16.4. The van der Waals surface area contributed by atoms with Crippen molar-refractivity contribution < 1.29 is 8.83 Å². The summed E-state index contributed by atoms with van der Waals surface area (Å²) in [5.41, 5.74) is 9.61. The predicted molar refractivity (Wildman–Crippen MR) is 185 cm³/mol. The number of fused-ring (bicyclic) bond motifs is 6. The average molecular weight is 606 g/mol. The number of benzene rings is 6. The van der Waals surface area contributed by atoms with E-state index in [-0.39, 0.29) is 0 Å². The van der Waals surface area contributed by atoms with E-state index in [2.05, 4.69) is 47.0 Å². The maximum absolute atomic E-state index is 6.18. The van der Waals surface area contributed by atoms with Crippen LogP contribution in [0.25, 0.3) is 95.0 Å². The Labute approximate surface area is 267 Å². The molecule has 4 heterocycles. The first-order chi connectivity index (χ1) is 23.3. The lowest BCUT2D eigenvalue weighted by molar-refractivity contribution is 0.619. The van der Waals surface area contributed by atoms with E-state index in [1.807, 2.05) is 97.1 Å². The van der Waals surface area contributed by atoms with Gasteiger partial charge in [-0.3, -0.25) is 4.57 Å². The van der Waals surface area contributed by atoms with Crippen molar-refractivity contribution in [1.82, 2.24) is 24.5 Å². The lowest BCUT2D eigenvalue weighted by Gasteiger charge is -2.11. The van der Waals surface area contributed by atoms with E-state index in [0.717, 1.165) is 77.3 Å². The molecule has 0 unspecified atom stereocenters. The summed E-state index contributed by atoms with van der Waals surface area (Å²) >= 11 is 0. The SMILES string of the molecule is c1ccc(-c2nc(-n3c4ccc(-c5nc6ccccc6o5)cc4c4cc(-c5nc6ccccc6o5)ccc43)nc3ccccc23)cc1. The molecule has 4 aromatic heterocycles. The van der Waals surface area contributed by atoms with E-state index < -0.39 is 0 Å². The van der Waals surface area contributed by atoms with Crippen LogP contribution in [0.3, 0.4) is 0 Å². The van der Waals surface area contributed by atoms with Gasteiger partial charge in [0.1, 0.15) is 11.0 Å². The highest BCUT2D eigenvalue weighted by Gasteiger charge is 2.20. The molecule has 0 amide bonds. The summed E-state index contributed by atoms with van der Waals surface area (Å²) in [6.07, 6.45) is 0. The lowest BCUT2D eigenvalue weighted by atomic mass is 10.1. The van der Waals surface area contributed by atoms with Crippen molar-refractivity contribution in [3.8, 4) is 40.1 Å². The van der Waals surface area contributed by atoms with Gasteiger partial charge in [-0.2, -0.15) is 0 Å². The van der Waals surface area contributed by atoms with Crippen molar-refractivity contribution >= 4 is 54.9 Å². The van der Waals surface area contributed by atoms with Crippen LogP contribution in [-0.2, 0) is 0 Å². The van der Waals surface area contributed by atoms with Crippen LogP contribution in [0.5, 0.6) is 0 Å². The first kappa shape index (κ1) is 25.7. The molecular formula is C40H23N5O2. The molecule has 0 radical (unpaired) electrons. The van der Waals surface area contributed by atoms with E-state index in [9.17, 15) is 0 Å². The van der Waals surface area contributed by atoms with Crippen molar-refractivity contribution in [2.75, 3.05) is 0 Å². The highest BCUT2D eigenvalue weighted by molar-refractivity contribution is 6.11. The van der Waals surface area contributed by atoms with Crippen molar-refractivity contribution in [3.63, 3.8) is 0 Å². The van der Waals surface area contributed by atoms with Gasteiger partial charge in [0, 0.05) is 32.8 Å². The van der Waals surface area contributed by atoms with E-state index >= 15 is 0 Å². The molecule has 10 rings (SSSR count). The van der Waals surface area contributed by atoms with Crippen molar-refractivity contribution in [2.24, 2.45) is 0 Å². The van der Waals surface area contributed by atoms with Crippen LogP contribution in [0.15, 0.2) is 148 Å². The Morgan fingerprint density at radius 1 is 0.404 bits per heavy atom. The molecule has 0 bridgehead atoms. The van der Waals surface area contributed by atoms with Gasteiger partial charge >= 0.3 is 0 Å². The summed E-state index contributed by atoms with van der Waals surface area (Å²) in [5, 5.41) is 3.02. The fourth-order valence-electron chi connectivity index (χ4n) is 6.48. The zero-order chi connectivity index (χ0) is 30.9. The van der Waals surface area contributed by atoms with Gasteiger partial charge in [0.25, 0.3) is 0 Å². The normalized spacial score (nSPS) is 11.8. The Morgan fingerprint density at radius 2 is 0.936 bits per heavy atom. The molecule has 0 spiro atoms. The Kier molecular flexibility index (Phi) is 5.44. The second-order valence-electron chi connectivity index (χ2n) is 11.5. The molecule has 0 aliphatic carbocycles. The minimum atomic E-state index is 0.567. The van der Waals surface area contributed by atoms with Crippen LogP contribution in [0.1, 0.15) is 0 Å². The van der Waals surface area contributed by atoms with Gasteiger partial charge < -0.3 is 8.83 Å². The fraction of sp³-hybridized carbons (Fsp3) is 0. The molecule has 0 fully saturated rings. The zero-order valence-corrected chi connectivity index (χ0v) is 24.8. The zero-order valence-electron chi connectivity index (χ0n) is 24.8. The quantitative estimate of drug-likeness (QED) is 0.199. The van der Waals surface area contributed by atoms with E-state index in [1.54, 1.807) is 0 Å². The van der Waals surface area contributed by atoms with Crippen molar-refractivity contribution in [1.29, 1.82) is 0 Å². The van der Waals surface area contributed by atoms with E-state index in [4.69, 9.17) is 28.8 Å².